The summed E-state index contributed by atoms with van der Waals surface area (Å²) in [5, 5.41) is 11.2. The third-order valence-electron chi connectivity index (χ3n) is 7.17. The Bertz CT molecular complexity index is 1530. The number of benzene rings is 2. The van der Waals surface area contributed by atoms with Crippen molar-refractivity contribution < 1.29 is 46.5 Å². The summed E-state index contributed by atoms with van der Waals surface area (Å²) in [6, 6.07) is 10.6. The SMILES string of the molecule is COc1cc(C(=O)CCC(O)(c2cc(C(C)(C)N)cc(-c3ccc(F)c(C)c3)n2)C(F)(F)F)ccc1OCCOC(=O)C(C)C. The van der Waals surface area contributed by atoms with Crippen LogP contribution < -0.4 is 15.2 Å². The van der Waals surface area contributed by atoms with Crippen LogP contribution in [0.1, 0.15) is 67.7 Å². The molecule has 0 saturated carbocycles. The third kappa shape index (κ3) is 8.58. The highest BCUT2D eigenvalue weighted by Gasteiger charge is 2.56. The van der Waals surface area contributed by atoms with E-state index in [0.29, 0.717) is 5.56 Å². The van der Waals surface area contributed by atoms with Gasteiger partial charge < -0.3 is 25.1 Å². The Hall–Kier alpha value is -4.03. The number of ether oxygens (including phenoxy) is 3. The molecule has 8 nitrogen and oxygen atoms in total. The van der Waals surface area contributed by atoms with Gasteiger partial charge in [-0.2, -0.15) is 13.2 Å². The number of nitrogens with zero attached hydrogens (tertiary/aromatic N) is 1. The van der Waals surface area contributed by atoms with Crippen LogP contribution in [0.4, 0.5) is 17.6 Å². The molecule has 1 unspecified atom stereocenters. The molecule has 12 heteroatoms. The van der Waals surface area contributed by atoms with Gasteiger partial charge in [0, 0.05) is 23.1 Å². The van der Waals surface area contributed by atoms with Gasteiger partial charge in [-0.15, -0.1) is 0 Å². The highest BCUT2D eigenvalue weighted by molar-refractivity contribution is 5.96. The smallest absolute Gasteiger partial charge is 0.422 e. The number of ketones is 1. The lowest BCUT2D eigenvalue weighted by Gasteiger charge is -2.32. The van der Waals surface area contributed by atoms with Gasteiger partial charge in [0.15, 0.2) is 17.3 Å². The molecule has 1 aromatic heterocycles. The molecule has 2 aromatic carbocycles. The molecule has 0 aliphatic heterocycles. The van der Waals surface area contributed by atoms with Crippen molar-refractivity contribution in [3.63, 3.8) is 0 Å². The van der Waals surface area contributed by atoms with Crippen LogP contribution >= 0.6 is 0 Å². The molecule has 0 saturated heterocycles. The van der Waals surface area contributed by atoms with Crippen molar-refractivity contribution in [2.45, 2.75) is 64.8 Å². The topological polar surface area (TPSA) is 121 Å². The number of halogens is 4. The number of aryl methyl sites for hydroxylation is 1. The largest absolute Gasteiger partial charge is 0.493 e. The predicted molar refractivity (Wildman–Crippen MR) is 159 cm³/mol. The van der Waals surface area contributed by atoms with E-state index in [1.807, 2.05) is 0 Å². The minimum absolute atomic E-state index is 0.00583. The molecule has 3 aromatic rings. The van der Waals surface area contributed by atoms with Crippen molar-refractivity contribution in [2.24, 2.45) is 11.7 Å². The minimum Gasteiger partial charge on any atom is -0.493 e. The lowest BCUT2D eigenvalue weighted by molar-refractivity contribution is -0.270. The molecule has 1 atom stereocenters. The molecular weight excluding hydrogens is 596 g/mol. The van der Waals surface area contributed by atoms with E-state index in [1.54, 1.807) is 27.7 Å². The second-order valence-corrected chi connectivity index (χ2v) is 11.6. The summed E-state index contributed by atoms with van der Waals surface area (Å²) in [7, 11) is 1.33. The summed E-state index contributed by atoms with van der Waals surface area (Å²) >= 11 is 0. The number of hydrogen-bond acceptors (Lipinski definition) is 8. The zero-order valence-corrected chi connectivity index (χ0v) is 26.0. The number of carbonyl (C=O) groups excluding carboxylic acids is 2. The lowest BCUT2D eigenvalue weighted by atomic mass is 9.86. The average Bonchev–Trinajstić information content (AvgIpc) is 2.97. The Kier molecular flexibility index (Phi) is 11.0. The molecular formula is C33H38F4N2O6. The van der Waals surface area contributed by atoms with Gasteiger partial charge in [-0.25, -0.2) is 9.37 Å². The Balaban J connectivity index is 1.89. The number of hydrogen-bond donors (Lipinski definition) is 2. The van der Waals surface area contributed by atoms with Gasteiger partial charge in [0.25, 0.3) is 0 Å². The van der Waals surface area contributed by atoms with Crippen LogP contribution in [0.25, 0.3) is 11.3 Å². The Morgan fingerprint density at radius 1 is 1.00 bits per heavy atom. The van der Waals surface area contributed by atoms with Gasteiger partial charge in [-0.1, -0.05) is 13.8 Å². The highest BCUT2D eigenvalue weighted by atomic mass is 19.4. The maximum absolute atomic E-state index is 14.6. The van der Waals surface area contributed by atoms with Crippen LogP contribution in [0, 0.1) is 18.7 Å². The number of carbonyl (C=O) groups is 2. The van der Waals surface area contributed by atoms with Crippen molar-refractivity contribution in [3.05, 3.63) is 76.7 Å². The van der Waals surface area contributed by atoms with Crippen LogP contribution in [0.15, 0.2) is 48.5 Å². The number of alkyl halides is 3. The molecule has 0 bridgehead atoms. The summed E-state index contributed by atoms with van der Waals surface area (Å²) in [6.45, 7) is 8.05. The van der Waals surface area contributed by atoms with E-state index < -0.39 is 47.5 Å². The van der Waals surface area contributed by atoms with Gasteiger partial charge in [0.05, 0.1) is 24.4 Å². The fourth-order valence-electron chi connectivity index (χ4n) is 4.34. The van der Waals surface area contributed by atoms with E-state index in [1.165, 1.54) is 56.5 Å². The summed E-state index contributed by atoms with van der Waals surface area (Å²) in [4.78, 5) is 28.8. The summed E-state index contributed by atoms with van der Waals surface area (Å²) < 4.78 is 73.6. The fraction of sp³-hybridized carbons (Fsp3) is 0.424. The van der Waals surface area contributed by atoms with E-state index in [-0.39, 0.29) is 59.0 Å². The molecule has 0 amide bonds. The molecule has 45 heavy (non-hydrogen) atoms. The van der Waals surface area contributed by atoms with Crippen LogP contribution in [0.3, 0.4) is 0 Å². The standard InChI is InChI=1S/C33H38F4N2O6/c1-19(2)30(41)45-14-13-44-27-10-8-22(16-28(27)43-6)26(40)11-12-32(42,33(35,36)37)29-18-23(31(4,5)38)17-25(39-29)21-7-9-24(34)20(3)15-21/h7-10,15-19,42H,11-14,38H2,1-6H3. The van der Waals surface area contributed by atoms with Gasteiger partial charge >= 0.3 is 12.1 Å². The average molecular weight is 635 g/mol. The first kappa shape index (κ1) is 35.4. The Morgan fingerprint density at radius 2 is 1.69 bits per heavy atom. The first-order chi connectivity index (χ1) is 20.9. The predicted octanol–water partition coefficient (Wildman–Crippen LogP) is 6.39. The number of aliphatic hydroxyl groups is 1. The van der Waals surface area contributed by atoms with Crippen molar-refractivity contribution in [2.75, 3.05) is 20.3 Å². The van der Waals surface area contributed by atoms with Gasteiger partial charge in [0.2, 0.25) is 5.60 Å². The summed E-state index contributed by atoms with van der Waals surface area (Å²) in [5.41, 5.74) is 1.76. The second kappa shape index (κ2) is 13.9. The van der Waals surface area contributed by atoms with Crippen molar-refractivity contribution in [1.82, 2.24) is 4.98 Å². The van der Waals surface area contributed by atoms with Crippen LogP contribution in [0.2, 0.25) is 0 Å². The van der Waals surface area contributed by atoms with Gasteiger partial charge in [0.1, 0.15) is 19.0 Å². The molecule has 1 heterocycles. The molecule has 0 spiro atoms. The normalized spacial score (nSPS) is 13.4. The van der Waals surface area contributed by atoms with Gasteiger partial charge in [-0.3, -0.25) is 9.59 Å². The van der Waals surface area contributed by atoms with Gasteiger partial charge in [-0.05, 0) is 86.8 Å². The van der Waals surface area contributed by atoms with E-state index >= 15 is 0 Å². The van der Waals surface area contributed by atoms with Crippen LogP contribution in [-0.4, -0.2) is 48.3 Å². The number of aromatic nitrogens is 1. The molecule has 0 aliphatic rings. The zero-order valence-electron chi connectivity index (χ0n) is 26.0. The van der Waals surface area contributed by atoms with E-state index in [9.17, 15) is 32.3 Å². The quantitative estimate of drug-likeness (QED) is 0.0961. The first-order valence-corrected chi connectivity index (χ1v) is 14.3. The first-order valence-electron chi connectivity index (χ1n) is 14.3. The molecule has 3 N–H and O–H groups in total. The maximum Gasteiger partial charge on any atom is 0.422 e. The van der Waals surface area contributed by atoms with Crippen LogP contribution in [-0.2, 0) is 20.7 Å². The molecule has 0 aliphatic carbocycles. The Labute approximate surface area is 259 Å². The third-order valence-corrected chi connectivity index (χ3v) is 7.17. The molecule has 0 fully saturated rings. The van der Waals surface area contributed by atoms with Crippen LogP contribution in [0.5, 0.6) is 11.5 Å². The number of methoxy groups -OCH3 is 1. The van der Waals surface area contributed by atoms with E-state index in [4.69, 9.17) is 19.9 Å². The number of nitrogens with two attached hydrogens (primary N) is 1. The summed E-state index contributed by atoms with van der Waals surface area (Å²) in [5.74, 6) is -1.51. The summed E-state index contributed by atoms with van der Waals surface area (Å²) in [6.07, 6.45) is -6.96. The lowest BCUT2D eigenvalue weighted by Crippen LogP contribution is -2.44. The molecule has 244 valence electrons. The number of esters is 1. The fourth-order valence-corrected chi connectivity index (χ4v) is 4.34. The highest BCUT2D eigenvalue weighted by Crippen LogP contribution is 2.43. The van der Waals surface area contributed by atoms with E-state index in [0.717, 1.165) is 6.07 Å². The Morgan fingerprint density at radius 3 is 2.27 bits per heavy atom. The second-order valence-electron chi connectivity index (χ2n) is 11.6. The van der Waals surface area contributed by atoms with Crippen molar-refractivity contribution in [3.8, 4) is 22.8 Å². The minimum atomic E-state index is -5.22. The number of rotatable bonds is 13. The zero-order chi connectivity index (χ0) is 33.7. The number of pyridine rings is 1. The molecule has 3 rings (SSSR count). The maximum atomic E-state index is 14.6. The monoisotopic (exact) mass is 634 g/mol. The molecule has 0 radical (unpaired) electrons. The van der Waals surface area contributed by atoms with E-state index in [2.05, 4.69) is 4.98 Å². The number of Topliss-reactive ketones (excluding diaryl/α,β-unsaturated/α-hetero) is 1. The van der Waals surface area contributed by atoms with Crippen molar-refractivity contribution in [1.29, 1.82) is 0 Å². The van der Waals surface area contributed by atoms with Crippen molar-refractivity contribution >= 4 is 11.8 Å².